The molecule has 1 fully saturated rings. The molecule has 1 saturated heterocycles. The fourth-order valence-corrected chi connectivity index (χ4v) is 5.02. The van der Waals surface area contributed by atoms with Crippen LogP contribution >= 0.6 is 23.4 Å². The van der Waals surface area contributed by atoms with E-state index in [0.717, 1.165) is 29.9 Å². The second-order valence-electron chi connectivity index (χ2n) is 7.70. The number of aromatic nitrogens is 3. The van der Waals surface area contributed by atoms with E-state index in [2.05, 4.69) is 24.0 Å². The maximum atomic E-state index is 13.0. The van der Waals surface area contributed by atoms with Crippen molar-refractivity contribution in [2.75, 3.05) is 5.75 Å². The summed E-state index contributed by atoms with van der Waals surface area (Å²) in [6, 6.07) is 18.1. The number of rotatable bonds is 5. The first kappa shape index (κ1) is 20.9. The topological polar surface area (TPSA) is 51.0 Å². The highest BCUT2D eigenvalue weighted by molar-refractivity contribution is 7.99. The smallest absolute Gasteiger partial charge is 0.233 e. The molecule has 0 radical (unpaired) electrons. The van der Waals surface area contributed by atoms with Crippen LogP contribution < -0.4 is 0 Å². The Hall–Kier alpha value is -2.31. The van der Waals surface area contributed by atoms with Crippen molar-refractivity contribution in [3.8, 4) is 17.1 Å². The Kier molecular flexibility index (Phi) is 6.44. The summed E-state index contributed by atoms with van der Waals surface area (Å²) >= 11 is 7.49. The summed E-state index contributed by atoms with van der Waals surface area (Å²) in [5.41, 5.74) is 1.88. The molecule has 3 aromatic rings. The number of thioether (sulfide) groups is 1. The van der Waals surface area contributed by atoms with E-state index in [0.29, 0.717) is 28.0 Å². The van der Waals surface area contributed by atoms with E-state index in [4.69, 9.17) is 11.6 Å². The number of halogens is 1. The van der Waals surface area contributed by atoms with Crippen LogP contribution in [0.4, 0.5) is 0 Å². The number of nitrogens with zero attached hydrogens (tertiary/aromatic N) is 4. The van der Waals surface area contributed by atoms with Gasteiger partial charge in [-0.25, -0.2) is 0 Å². The third-order valence-corrected chi connectivity index (χ3v) is 6.72. The number of carbonyl (C=O) groups excluding carboxylic acids is 1. The molecule has 0 aliphatic carbocycles. The van der Waals surface area contributed by atoms with Gasteiger partial charge in [0.25, 0.3) is 0 Å². The summed E-state index contributed by atoms with van der Waals surface area (Å²) in [7, 11) is 0. The van der Waals surface area contributed by atoms with Crippen molar-refractivity contribution in [1.82, 2.24) is 19.7 Å². The molecule has 1 aliphatic rings. The Balaban J connectivity index is 1.62. The number of hydrogen-bond acceptors (Lipinski definition) is 4. The molecule has 0 N–H and O–H groups in total. The van der Waals surface area contributed by atoms with Gasteiger partial charge < -0.3 is 4.90 Å². The number of carbonyl (C=O) groups is 1. The summed E-state index contributed by atoms with van der Waals surface area (Å²) in [5.74, 6) is 1.24. The van der Waals surface area contributed by atoms with Crippen molar-refractivity contribution in [2.45, 2.75) is 50.4 Å². The zero-order valence-corrected chi connectivity index (χ0v) is 18.7. The SMILES string of the molecule is CC1CCCC(C)N1C(=O)CSc1nnc(-c2ccc(Cl)cc2)n1-c1ccccc1. The Morgan fingerprint density at radius 1 is 1.03 bits per heavy atom. The first-order chi connectivity index (χ1) is 14.5. The second kappa shape index (κ2) is 9.23. The van der Waals surface area contributed by atoms with Crippen LogP contribution in [0.15, 0.2) is 59.8 Å². The van der Waals surface area contributed by atoms with Crippen molar-refractivity contribution >= 4 is 29.3 Å². The van der Waals surface area contributed by atoms with Gasteiger partial charge in [0.05, 0.1) is 5.75 Å². The Bertz CT molecular complexity index is 996. The standard InChI is InChI=1S/C23H25ClN4OS/c1-16-7-6-8-17(2)27(16)21(29)15-30-23-26-25-22(18-11-13-19(24)14-12-18)28(23)20-9-4-3-5-10-20/h3-5,9-14,16-17H,6-8,15H2,1-2H3. The van der Waals surface area contributed by atoms with E-state index < -0.39 is 0 Å². The number of para-hydroxylation sites is 1. The molecule has 4 rings (SSSR count). The second-order valence-corrected chi connectivity index (χ2v) is 9.08. The summed E-state index contributed by atoms with van der Waals surface area (Å²) in [4.78, 5) is 15.0. The van der Waals surface area contributed by atoms with E-state index in [1.54, 1.807) is 0 Å². The molecule has 2 unspecified atom stereocenters. The lowest BCUT2D eigenvalue weighted by atomic mass is 9.98. The van der Waals surface area contributed by atoms with Gasteiger partial charge in [-0.05, 0) is 69.5 Å². The normalized spacial score (nSPS) is 19.1. The van der Waals surface area contributed by atoms with Crippen LogP contribution in [0.1, 0.15) is 33.1 Å². The van der Waals surface area contributed by atoms with E-state index >= 15 is 0 Å². The predicted molar refractivity (Wildman–Crippen MR) is 122 cm³/mol. The van der Waals surface area contributed by atoms with Crippen molar-refractivity contribution in [1.29, 1.82) is 0 Å². The summed E-state index contributed by atoms with van der Waals surface area (Å²) in [6.45, 7) is 4.28. The highest BCUT2D eigenvalue weighted by atomic mass is 35.5. The predicted octanol–water partition coefficient (Wildman–Crippen LogP) is 5.47. The molecule has 2 atom stereocenters. The van der Waals surface area contributed by atoms with Crippen LogP contribution in [-0.4, -0.2) is 43.4 Å². The largest absolute Gasteiger partial charge is 0.337 e. The molecule has 5 nitrogen and oxygen atoms in total. The van der Waals surface area contributed by atoms with E-state index in [9.17, 15) is 4.79 Å². The third kappa shape index (κ3) is 4.40. The molecule has 0 bridgehead atoms. The van der Waals surface area contributed by atoms with Gasteiger partial charge in [0, 0.05) is 28.4 Å². The molecular formula is C23H25ClN4OS. The maximum Gasteiger partial charge on any atom is 0.233 e. The van der Waals surface area contributed by atoms with Gasteiger partial charge >= 0.3 is 0 Å². The molecule has 0 spiro atoms. The summed E-state index contributed by atoms with van der Waals surface area (Å²) in [6.07, 6.45) is 3.33. The highest BCUT2D eigenvalue weighted by Crippen LogP contribution is 2.30. The molecule has 7 heteroatoms. The average Bonchev–Trinajstić information content (AvgIpc) is 3.17. The molecule has 1 aromatic heterocycles. The minimum absolute atomic E-state index is 0.162. The fourth-order valence-electron chi connectivity index (χ4n) is 4.07. The zero-order valence-electron chi connectivity index (χ0n) is 17.2. The van der Waals surface area contributed by atoms with Crippen molar-refractivity contribution < 1.29 is 4.79 Å². The van der Waals surface area contributed by atoms with Crippen molar-refractivity contribution in [3.63, 3.8) is 0 Å². The third-order valence-electron chi connectivity index (χ3n) is 5.56. The average molecular weight is 441 g/mol. The van der Waals surface area contributed by atoms with Gasteiger partial charge in [0.15, 0.2) is 11.0 Å². The Morgan fingerprint density at radius 3 is 2.37 bits per heavy atom. The first-order valence-corrected chi connectivity index (χ1v) is 11.6. The molecule has 1 amide bonds. The summed E-state index contributed by atoms with van der Waals surface area (Å²) < 4.78 is 2.00. The van der Waals surface area contributed by atoms with Crippen LogP contribution in [-0.2, 0) is 4.79 Å². The van der Waals surface area contributed by atoms with E-state index in [1.807, 2.05) is 64.1 Å². The molecule has 2 aromatic carbocycles. The van der Waals surface area contributed by atoms with Gasteiger partial charge in [0.1, 0.15) is 0 Å². The Labute approximate surface area is 186 Å². The Morgan fingerprint density at radius 2 is 1.70 bits per heavy atom. The number of amides is 1. The summed E-state index contributed by atoms with van der Waals surface area (Å²) in [5, 5.41) is 10.2. The lowest BCUT2D eigenvalue weighted by Crippen LogP contribution is -2.48. The zero-order chi connectivity index (χ0) is 21.1. The minimum atomic E-state index is 0.162. The van der Waals surface area contributed by atoms with Crippen LogP contribution in [0, 0.1) is 0 Å². The molecule has 1 aliphatic heterocycles. The number of hydrogen-bond donors (Lipinski definition) is 0. The quantitative estimate of drug-likeness (QED) is 0.493. The monoisotopic (exact) mass is 440 g/mol. The van der Waals surface area contributed by atoms with Gasteiger partial charge in [-0.3, -0.25) is 9.36 Å². The minimum Gasteiger partial charge on any atom is -0.337 e. The number of piperidine rings is 1. The van der Waals surface area contributed by atoms with Crippen molar-refractivity contribution in [3.05, 3.63) is 59.6 Å². The highest BCUT2D eigenvalue weighted by Gasteiger charge is 2.29. The van der Waals surface area contributed by atoms with Gasteiger partial charge in [-0.1, -0.05) is 41.6 Å². The fraction of sp³-hybridized carbons (Fsp3) is 0.348. The van der Waals surface area contributed by atoms with E-state index in [-0.39, 0.29) is 5.91 Å². The lowest BCUT2D eigenvalue weighted by Gasteiger charge is -2.39. The molecule has 156 valence electrons. The van der Waals surface area contributed by atoms with Crippen LogP contribution in [0.2, 0.25) is 5.02 Å². The maximum absolute atomic E-state index is 13.0. The van der Waals surface area contributed by atoms with Gasteiger partial charge in [0.2, 0.25) is 5.91 Å². The van der Waals surface area contributed by atoms with Gasteiger partial charge in [-0.2, -0.15) is 0 Å². The van der Waals surface area contributed by atoms with Crippen LogP contribution in [0.25, 0.3) is 17.1 Å². The number of benzene rings is 2. The lowest BCUT2D eigenvalue weighted by molar-refractivity contribution is -0.134. The first-order valence-electron chi connectivity index (χ1n) is 10.3. The molecule has 30 heavy (non-hydrogen) atoms. The van der Waals surface area contributed by atoms with Crippen molar-refractivity contribution in [2.24, 2.45) is 0 Å². The van der Waals surface area contributed by atoms with Crippen LogP contribution in [0.3, 0.4) is 0 Å². The van der Waals surface area contributed by atoms with Crippen LogP contribution in [0.5, 0.6) is 0 Å². The molecular weight excluding hydrogens is 416 g/mol. The van der Waals surface area contributed by atoms with E-state index in [1.165, 1.54) is 18.2 Å². The number of likely N-dealkylation sites (tertiary alicyclic amines) is 1. The molecule has 2 heterocycles. The molecule has 0 saturated carbocycles. The van der Waals surface area contributed by atoms with Gasteiger partial charge in [-0.15, -0.1) is 10.2 Å².